The molecule has 2 heterocycles. The summed E-state index contributed by atoms with van der Waals surface area (Å²) >= 11 is 0. The predicted octanol–water partition coefficient (Wildman–Crippen LogP) is 3.15. The SMILES string of the molecule is CCc1cc(C)cc(CC)c1C1C(=O)C2C3CCC(O3)C2C1=O. The van der Waals surface area contributed by atoms with Crippen LogP contribution in [0.3, 0.4) is 0 Å². The maximum atomic E-state index is 13.1. The average molecular weight is 312 g/mol. The predicted molar refractivity (Wildman–Crippen MR) is 87.6 cm³/mol. The highest BCUT2D eigenvalue weighted by Crippen LogP contribution is 2.53. The van der Waals surface area contributed by atoms with Crippen molar-refractivity contribution in [1.29, 1.82) is 0 Å². The zero-order valence-corrected chi connectivity index (χ0v) is 14.1. The highest BCUT2D eigenvalue weighted by molar-refractivity contribution is 6.17. The van der Waals surface area contributed by atoms with E-state index in [0.29, 0.717) is 0 Å². The number of aryl methyl sites for hydroxylation is 3. The maximum absolute atomic E-state index is 13.1. The van der Waals surface area contributed by atoms with E-state index >= 15 is 0 Å². The minimum absolute atomic E-state index is 0.00736. The standard InChI is InChI=1S/C20H24O3/c1-4-11-8-10(3)9-12(5-2)15(11)18-19(21)16-13-6-7-14(23-13)17(16)20(18)22/h8-9,13-14,16-18H,4-7H2,1-3H3. The minimum atomic E-state index is -0.539. The zero-order chi connectivity index (χ0) is 16.3. The third kappa shape index (κ3) is 1.99. The van der Waals surface area contributed by atoms with E-state index in [1.165, 1.54) is 16.7 Å². The molecule has 4 unspecified atom stereocenters. The van der Waals surface area contributed by atoms with Gasteiger partial charge in [-0.2, -0.15) is 0 Å². The van der Waals surface area contributed by atoms with Crippen LogP contribution in [0.25, 0.3) is 0 Å². The fraction of sp³-hybridized carbons (Fsp3) is 0.600. The molecule has 23 heavy (non-hydrogen) atoms. The second-order valence-electron chi connectivity index (χ2n) is 7.28. The molecule has 3 aliphatic rings. The Morgan fingerprint density at radius 2 is 1.43 bits per heavy atom. The topological polar surface area (TPSA) is 43.4 Å². The number of benzene rings is 1. The molecule has 4 rings (SSSR count). The molecule has 1 aromatic carbocycles. The smallest absolute Gasteiger partial charge is 0.154 e. The summed E-state index contributed by atoms with van der Waals surface area (Å²) in [6.07, 6.45) is 3.58. The van der Waals surface area contributed by atoms with Crippen molar-refractivity contribution in [1.82, 2.24) is 0 Å². The first-order valence-electron chi connectivity index (χ1n) is 8.92. The normalized spacial score (nSPS) is 35.2. The van der Waals surface area contributed by atoms with Gasteiger partial charge in [-0.05, 0) is 49.3 Å². The van der Waals surface area contributed by atoms with E-state index in [9.17, 15) is 9.59 Å². The van der Waals surface area contributed by atoms with Gasteiger partial charge in [0, 0.05) is 0 Å². The Hall–Kier alpha value is -1.48. The van der Waals surface area contributed by atoms with Gasteiger partial charge in [-0.3, -0.25) is 9.59 Å². The summed E-state index contributed by atoms with van der Waals surface area (Å²) in [5, 5.41) is 0. The number of fused-ring (bicyclic) bond motifs is 5. The van der Waals surface area contributed by atoms with Crippen molar-refractivity contribution in [2.45, 2.75) is 64.6 Å². The number of ether oxygens (including phenoxy) is 1. The Morgan fingerprint density at radius 1 is 0.957 bits per heavy atom. The largest absolute Gasteiger partial charge is 0.373 e. The van der Waals surface area contributed by atoms with Gasteiger partial charge in [0.05, 0.1) is 24.0 Å². The van der Waals surface area contributed by atoms with Crippen LogP contribution in [0.1, 0.15) is 54.9 Å². The molecule has 3 fully saturated rings. The molecule has 2 aliphatic heterocycles. The molecule has 0 amide bonds. The van der Waals surface area contributed by atoms with E-state index in [1.807, 2.05) is 0 Å². The van der Waals surface area contributed by atoms with Gasteiger partial charge in [-0.25, -0.2) is 0 Å². The molecule has 122 valence electrons. The first kappa shape index (κ1) is 15.1. The van der Waals surface area contributed by atoms with Crippen LogP contribution >= 0.6 is 0 Å². The van der Waals surface area contributed by atoms with E-state index in [4.69, 9.17) is 4.74 Å². The molecule has 0 radical (unpaired) electrons. The first-order valence-corrected chi connectivity index (χ1v) is 8.92. The lowest BCUT2D eigenvalue weighted by molar-refractivity contribution is -0.127. The van der Waals surface area contributed by atoms with Gasteiger partial charge in [0.1, 0.15) is 5.92 Å². The van der Waals surface area contributed by atoms with Crippen LogP contribution in [0.15, 0.2) is 12.1 Å². The molecular weight excluding hydrogens is 288 g/mol. The van der Waals surface area contributed by atoms with Crippen molar-refractivity contribution in [3.05, 3.63) is 34.4 Å². The highest BCUT2D eigenvalue weighted by Gasteiger charge is 2.63. The number of carbonyl (C=O) groups excluding carboxylic acids is 2. The second-order valence-corrected chi connectivity index (χ2v) is 7.28. The highest BCUT2D eigenvalue weighted by atomic mass is 16.5. The van der Waals surface area contributed by atoms with Crippen LogP contribution in [0.4, 0.5) is 0 Å². The Balaban J connectivity index is 1.83. The Bertz CT molecular complexity index is 637. The maximum Gasteiger partial charge on any atom is 0.154 e. The monoisotopic (exact) mass is 312 g/mol. The van der Waals surface area contributed by atoms with Gasteiger partial charge in [0.15, 0.2) is 11.6 Å². The lowest BCUT2D eigenvalue weighted by Crippen LogP contribution is -2.29. The molecule has 1 saturated carbocycles. The van der Waals surface area contributed by atoms with E-state index in [0.717, 1.165) is 31.2 Å². The van der Waals surface area contributed by atoms with E-state index < -0.39 is 5.92 Å². The third-order valence-corrected chi connectivity index (χ3v) is 6.05. The quantitative estimate of drug-likeness (QED) is 0.805. The summed E-state index contributed by atoms with van der Waals surface area (Å²) in [6, 6.07) is 4.29. The molecule has 0 spiro atoms. The molecule has 0 aromatic heterocycles. The van der Waals surface area contributed by atoms with Crippen molar-refractivity contribution < 1.29 is 14.3 Å². The number of hydrogen-bond donors (Lipinski definition) is 0. The molecule has 3 nitrogen and oxygen atoms in total. The van der Waals surface area contributed by atoms with Crippen molar-refractivity contribution in [3.8, 4) is 0 Å². The fourth-order valence-electron chi connectivity index (χ4n) is 5.12. The molecule has 2 saturated heterocycles. The van der Waals surface area contributed by atoms with Crippen LogP contribution in [-0.2, 0) is 27.2 Å². The fourth-order valence-corrected chi connectivity index (χ4v) is 5.12. The molecule has 4 atom stereocenters. The van der Waals surface area contributed by atoms with Gasteiger partial charge < -0.3 is 4.74 Å². The van der Waals surface area contributed by atoms with Gasteiger partial charge in [-0.1, -0.05) is 31.5 Å². The molecule has 0 N–H and O–H groups in total. The summed E-state index contributed by atoms with van der Waals surface area (Å²) in [6.45, 7) is 6.30. The number of hydrogen-bond acceptors (Lipinski definition) is 3. The third-order valence-electron chi connectivity index (χ3n) is 6.05. The lowest BCUT2D eigenvalue weighted by atomic mass is 9.81. The van der Waals surface area contributed by atoms with Gasteiger partial charge in [0.2, 0.25) is 0 Å². The lowest BCUT2D eigenvalue weighted by Gasteiger charge is -2.20. The van der Waals surface area contributed by atoms with Crippen molar-refractivity contribution in [3.63, 3.8) is 0 Å². The molecule has 2 bridgehead atoms. The Kier molecular flexibility index (Phi) is 3.45. The summed E-state index contributed by atoms with van der Waals surface area (Å²) in [5.41, 5.74) is 4.57. The van der Waals surface area contributed by atoms with Crippen LogP contribution in [0.5, 0.6) is 0 Å². The number of ketones is 2. The van der Waals surface area contributed by atoms with E-state index in [1.54, 1.807) is 0 Å². The van der Waals surface area contributed by atoms with Gasteiger partial charge in [-0.15, -0.1) is 0 Å². The zero-order valence-electron chi connectivity index (χ0n) is 14.1. The summed E-state index contributed by atoms with van der Waals surface area (Å²) in [5.74, 6) is -0.646. The number of rotatable bonds is 3. The second kappa shape index (κ2) is 5.27. The van der Waals surface area contributed by atoms with Crippen molar-refractivity contribution in [2.24, 2.45) is 11.8 Å². The Morgan fingerprint density at radius 3 is 1.87 bits per heavy atom. The van der Waals surface area contributed by atoms with Crippen LogP contribution in [0.2, 0.25) is 0 Å². The van der Waals surface area contributed by atoms with Crippen LogP contribution in [-0.4, -0.2) is 23.8 Å². The summed E-state index contributed by atoms with van der Waals surface area (Å²) < 4.78 is 5.85. The molecule has 1 aliphatic carbocycles. The van der Waals surface area contributed by atoms with Gasteiger partial charge in [0.25, 0.3) is 0 Å². The Labute approximate surface area is 137 Å². The van der Waals surface area contributed by atoms with Gasteiger partial charge >= 0.3 is 0 Å². The molecule has 3 heteroatoms. The van der Waals surface area contributed by atoms with E-state index in [2.05, 4.69) is 32.9 Å². The molecular formula is C20H24O3. The first-order chi connectivity index (χ1) is 11.1. The van der Waals surface area contributed by atoms with Crippen molar-refractivity contribution >= 4 is 11.6 Å². The van der Waals surface area contributed by atoms with Crippen LogP contribution in [0, 0.1) is 18.8 Å². The molecule has 1 aromatic rings. The van der Waals surface area contributed by atoms with Crippen molar-refractivity contribution in [2.75, 3.05) is 0 Å². The van der Waals surface area contributed by atoms with E-state index in [-0.39, 0.29) is 35.6 Å². The summed E-state index contributed by atoms with van der Waals surface area (Å²) in [4.78, 5) is 26.2. The number of Topliss-reactive ketones (excluding diaryl/α,β-unsaturated/α-hetero) is 2. The van der Waals surface area contributed by atoms with Crippen LogP contribution < -0.4 is 0 Å². The average Bonchev–Trinajstić information content (AvgIpc) is 3.21. The summed E-state index contributed by atoms with van der Waals surface area (Å²) in [7, 11) is 0. The number of carbonyl (C=O) groups is 2. The minimum Gasteiger partial charge on any atom is -0.373 e.